The third kappa shape index (κ3) is 4.52. The van der Waals surface area contributed by atoms with Gasteiger partial charge in [0.15, 0.2) is 0 Å². The highest BCUT2D eigenvalue weighted by molar-refractivity contribution is 5.69. The van der Waals surface area contributed by atoms with Gasteiger partial charge < -0.3 is 14.6 Å². The Balaban J connectivity index is 1.46. The van der Waals surface area contributed by atoms with E-state index >= 15 is 0 Å². The highest BCUT2D eigenvalue weighted by Crippen LogP contribution is 2.35. The van der Waals surface area contributed by atoms with E-state index in [0.29, 0.717) is 19.0 Å². The Labute approximate surface area is 166 Å². The predicted molar refractivity (Wildman–Crippen MR) is 108 cm³/mol. The lowest BCUT2D eigenvalue weighted by atomic mass is 9.89. The van der Waals surface area contributed by atoms with Crippen LogP contribution in [0.2, 0.25) is 0 Å². The molecule has 0 unspecified atom stereocenters. The number of aromatic nitrogens is 3. The minimum absolute atomic E-state index is 0.254. The van der Waals surface area contributed by atoms with Gasteiger partial charge >= 0.3 is 0 Å². The molecule has 0 amide bonds. The maximum absolute atomic E-state index is 5.72. The fourth-order valence-corrected chi connectivity index (χ4v) is 4.50. The van der Waals surface area contributed by atoms with E-state index in [4.69, 9.17) is 14.2 Å². The molecule has 0 bridgehead atoms. The first kappa shape index (κ1) is 19.3. The summed E-state index contributed by atoms with van der Waals surface area (Å²) in [6, 6.07) is 4.13. The van der Waals surface area contributed by atoms with Crippen molar-refractivity contribution in [1.29, 1.82) is 0 Å². The van der Waals surface area contributed by atoms with Gasteiger partial charge in [0.1, 0.15) is 5.82 Å². The van der Waals surface area contributed by atoms with Gasteiger partial charge in [0, 0.05) is 26.4 Å². The molecule has 7 nitrogen and oxygen atoms in total. The zero-order valence-corrected chi connectivity index (χ0v) is 16.8. The summed E-state index contributed by atoms with van der Waals surface area (Å²) in [5, 5.41) is 7.56. The lowest BCUT2D eigenvalue weighted by Gasteiger charge is -2.29. The van der Waals surface area contributed by atoms with E-state index in [9.17, 15) is 0 Å². The van der Waals surface area contributed by atoms with Crippen LogP contribution in [0.4, 0.5) is 5.82 Å². The first-order valence-electron chi connectivity index (χ1n) is 10.6. The molecule has 2 aliphatic rings. The van der Waals surface area contributed by atoms with Crippen LogP contribution in [-0.2, 0) is 4.74 Å². The summed E-state index contributed by atoms with van der Waals surface area (Å²) < 4.78 is 10.8. The van der Waals surface area contributed by atoms with Crippen LogP contribution in [0.3, 0.4) is 0 Å². The van der Waals surface area contributed by atoms with E-state index in [1.807, 2.05) is 12.1 Å². The summed E-state index contributed by atoms with van der Waals surface area (Å²) in [6.45, 7) is 3.60. The van der Waals surface area contributed by atoms with Crippen molar-refractivity contribution in [2.24, 2.45) is 5.92 Å². The van der Waals surface area contributed by atoms with Gasteiger partial charge in [-0.15, -0.1) is 0 Å². The molecular formula is C21H31N5O2. The van der Waals surface area contributed by atoms with Gasteiger partial charge in [-0.1, -0.05) is 24.4 Å². The molecule has 1 atom stereocenters. The van der Waals surface area contributed by atoms with E-state index in [1.165, 1.54) is 45.1 Å². The Morgan fingerprint density at radius 3 is 2.96 bits per heavy atom. The molecule has 1 aliphatic heterocycles. The normalized spacial score (nSPS) is 21.2. The van der Waals surface area contributed by atoms with Gasteiger partial charge in [-0.05, 0) is 50.3 Å². The first-order chi connectivity index (χ1) is 13.8. The molecule has 152 valence electrons. The molecular weight excluding hydrogens is 354 g/mol. The van der Waals surface area contributed by atoms with Crippen LogP contribution in [0, 0.1) is 5.92 Å². The van der Waals surface area contributed by atoms with E-state index in [1.54, 1.807) is 13.3 Å². The summed E-state index contributed by atoms with van der Waals surface area (Å²) >= 11 is 0. The molecule has 0 radical (unpaired) electrons. The summed E-state index contributed by atoms with van der Waals surface area (Å²) in [5.41, 5.74) is 0.866. The number of anilines is 1. The lowest BCUT2D eigenvalue weighted by molar-refractivity contribution is 0.163. The Bertz CT molecular complexity index is 744. The van der Waals surface area contributed by atoms with E-state index in [0.717, 1.165) is 36.2 Å². The Morgan fingerprint density at radius 2 is 2.11 bits per heavy atom. The maximum Gasteiger partial charge on any atom is 0.244 e. The van der Waals surface area contributed by atoms with E-state index in [-0.39, 0.29) is 6.04 Å². The number of hydrogen-bond acceptors (Lipinski definition) is 7. The van der Waals surface area contributed by atoms with Crippen molar-refractivity contribution < 1.29 is 9.26 Å². The van der Waals surface area contributed by atoms with Crippen LogP contribution >= 0.6 is 0 Å². The molecule has 1 saturated carbocycles. The van der Waals surface area contributed by atoms with Gasteiger partial charge in [-0.25, -0.2) is 4.98 Å². The van der Waals surface area contributed by atoms with Crippen molar-refractivity contribution in [3.05, 3.63) is 24.2 Å². The van der Waals surface area contributed by atoms with Gasteiger partial charge in [0.2, 0.25) is 11.7 Å². The first-order valence-corrected chi connectivity index (χ1v) is 10.6. The van der Waals surface area contributed by atoms with E-state index < -0.39 is 0 Å². The molecule has 28 heavy (non-hydrogen) atoms. The van der Waals surface area contributed by atoms with Crippen molar-refractivity contribution in [2.75, 3.05) is 38.7 Å². The van der Waals surface area contributed by atoms with Gasteiger partial charge in [0.05, 0.1) is 18.2 Å². The molecule has 3 heterocycles. The largest absolute Gasteiger partial charge is 0.383 e. The molecule has 2 aromatic heterocycles. The number of hydrogen-bond donors (Lipinski definition) is 1. The summed E-state index contributed by atoms with van der Waals surface area (Å²) in [5.74, 6) is 2.94. The average Bonchev–Trinajstić information content (AvgIpc) is 3.39. The Hall–Kier alpha value is -1.99. The zero-order chi connectivity index (χ0) is 19.2. The van der Waals surface area contributed by atoms with Crippen LogP contribution in [0.15, 0.2) is 22.9 Å². The van der Waals surface area contributed by atoms with Crippen LogP contribution in [0.1, 0.15) is 56.9 Å². The number of nitrogens with one attached hydrogen (secondary N) is 1. The molecule has 7 heteroatoms. The molecule has 1 N–H and O–H groups in total. The van der Waals surface area contributed by atoms with Crippen molar-refractivity contribution in [3.63, 3.8) is 0 Å². The minimum Gasteiger partial charge on any atom is -0.383 e. The number of methoxy groups -OCH3 is 1. The second kappa shape index (κ2) is 9.47. The molecule has 2 aromatic rings. The second-order valence-corrected chi connectivity index (χ2v) is 7.93. The SMILES string of the molecule is COCCNc1ncccc1-c1noc([C@@H]2CCCN2CC2CCCCC2)n1. The molecule has 1 aliphatic carbocycles. The topological polar surface area (TPSA) is 76.3 Å². The average molecular weight is 386 g/mol. The fraction of sp³-hybridized carbons (Fsp3) is 0.667. The number of ether oxygens (including phenoxy) is 1. The van der Waals surface area contributed by atoms with Crippen LogP contribution < -0.4 is 5.32 Å². The van der Waals surface area contributed by atoms with Crippen LogP contribution in [0.5, 0.6) is 0 Å². The number of likely N-dealkylation sites (tertiary alicyclic amines) is 1. The maximum atomic E-state index is 5.72. The van der Waals surface area contributed by atoms with Gasteiger partial charge in [-0.2, -0.15) is 4.98 Å². The van der Waals surface area contributed by atoms with Crippen LogP contribution in [-0.4, -0.2) is 53.4 Å². The zero-order valence-electron chi connectivity index (χ0n) is 16.8. The summed E-state index contributed by atoms with van der Waals surface area (Å²) in [7, 11) is 1.69. The van der Waals surface area contributed by atoms with Gasteiger partial charge in [-0.3, -0.25) is 4.90 Å². The number of rotatable bonds is 8. The van der Waals surface area contributed by atoms with Crippen LogP contribution in [0.25, 0.3) is 11.4 Å². The van der Waals surface area contributed by atoms with Gasteiger partial charge in [0.25, 0.3) is 0 Å². The molecule has 2 fully saturated rings. The van der Waals surface area contributed by atoms with Crippen molar-refractivity contribution in [1.82, 2.24) is 20.0 Å². The molecule has 0 spiro atoms. The number of pyridine rings is 1. The lowest BCUT2D eigenvalue weighted by Crippen LogP contribution is -2.30. The third-order valence-electron chi connectivity index (χ3n) is 5.96. The Kier molecular flexibility index (Phi) is 6.54. The summed E-state index contributed by atoms with van der Waals surface area (Å²) in [6.07, 6.45) is 11.0. The quantitative estimate of drug-likeness (QED) is 0.690. The highest BCUT2D eigenvalue weighted by Gasteiger charge is 2.32. The number of nitrogens with zero attached hydrogens (tertiary/aromatic N) is 4. The van der Waals surface area contributed by atoms with Crippen molar-refractivity contribution in [3.8, 4) is 11.4 Å². The highest BCUT2D eigenvalue weighted by atomic mass is 16.5. The second-order valence-electron chi connectivity index (χ2n) is 7.93. The monoisotopic (exact) mass is 385 g/mol. The standard InChI is InChI=1S/C21H31N5O2/c1-27-14-12-23-19-17(9-5-11-22-19)20-24-21(28-25-20)18-10-6-13-26(18)15-16-7-3-2-4-8-16/h5,9,11,16,18H,2-4,6-8,10,12-15H2,1H3,(H,22,23)/t18-/m0/s1. The predicted octanol–water partition coefficient (Wildman–Crippen LogP) is 3.91. The summed E-state index contributed by atoms with van der Waals surface area (Å²) in [4.78, 5) is 11.8. The van der Waals surface area contributed by atoms with Crippen molar-refractivity contribution >= 4 is 5.82 Å². The van der Waals surface area contributed by atoms with E-state index in [2.05, 4.69) is 20.4 Å². The van der Waals surface area contributed by atoms with Crippen molar-refractivity contribution in [2.45, 2.75) is 51.0 Å². The smallest absolute Gasteiger partial charge is 0.244 e. The fourth-order valence-electron chi connectivity index (χ4n) is 4.50. The third-order valence-corrected chi connectivity index (χ3v) is 5.96. The Morgan fingerprint density at radius 1 is 1.21 bits per heavy atom. The molecule has 1 saturated heterocycles. The minimum atomic E-state index is 0.254. The molecule has 4 rings (SSSR count). The molecule has 0 aromatic carbocycles.